The summed E-state index contributed by atoms with van der Waals surface area (Å²) < 4.78 is 0. The van der Waals surface area contributed by atoms with Crippen LogP contribution in [0.25, 0.3) is 10.9 Å². The number of aryl methyl sites for hydroxylation is 2. The first-order chi connectivity index (χ1) is 10.9. The SMILES string of the molecule is Cc1ccc2[nH]cc(CCC(=O)NC(CC(C)C)C(=O)O)c2c1. The maximum Gasteiger partial charge on any atom is 0.326 e. The van der Waals surface area contributed by atoms with Gasteiger partial charge in [-0.2, -0.15) is 0 Å². The molecule has 2 rings (SSSR count). The number of carbonyl (C=O) groups excluding carboxylic acids is 1. The van der Waals surface area contributed by atoms with Crippen LogP contribution in [0.4, 0.5) is 0 Å². The molecule has 5 heteroatoms. The molecule has 0 spiro atoms. The fourth-order valence-electron chi connectivity index (χ4n) is 2.71. The molecule has 3 N–H and O–H groups in total. The Balaban J connectivity index is 1.97. The molecule has 1 aromatic carbocycles. The normalized spacial score (nSPS) is 12.5. The average molecular weight is 316 g/mol. The second-order valence-corrected chi connectivity index (χ2v) is 6.45. The third kappa shape index (κ3) is 4.58. The number of hydrogen-bond acceptors (Lipinski definition) is 2. The number of benzene rings is 1. The summed E-state index contributed by atoms with van der Waals surface area (Å²) in [5.74, 6) is -0.984. The van der Waals surface area contributed by atoms with Crippen LogP contribution in [0.3, 0.4) is 0 Å². The molecule has 23 heavy (non-hydrogen) atoms. The fraction of sp³-hybridized carbons (Fsp3) is 0.444. The van der Waals surface area contributed by atoms with E-state index in [2.05, 4.69) is 16.4 Å². The van der Waals surface area contributed by atoms with Gasteiger partial charge in [0.25, 0.3) is 0 Å². The second kappa shape index (κ2) is 7.31. The Morgan fingerprint density at radius 1 is 1.30 bits per heavy atom. The number of carboxylic acid groups (broad SMARTS) is 1. The lowest BCUT2D eigenvalue weighted by Gasteiger charge is -2.16. The summed E-state index contributed by atoms with van der Waals surface area (Å²) >= 11 is 0. The third-order valence-electron chi connectivity index (χ3n) is 3.88. The van der Waals surface area contributed by atoms with Crippen LogP contribution in [0, 0.1) is 12.8 Å². The lowest BCUT2D eigenvalue weighted by atomic mass is 10.0. The van der Waals surface area contributed by atoms with Gasteiger partial charge in [-0.3, -0.25) is 4.79 Å². The van der Waals surface area contributed by atoms with Crippen LogP contribution in [-0.4, -0.2) is 28.0 Å². The predicted molar refractivity (Wildman–Crippen MR) is 90.4 cm³/mol. The Morgan fingerprint density at radius 3 is 2.70 bits per heavy atom. The topological polar surface area (TPSA) is 82.2 Å². The average Bonchev–Trinajstić information content (AvgIpc) is 2.86. The van der Waals surface area contributed by atoms with E-state index < -0.39 is 12.0 Å². The van der Waals surface area contributed by atoms with Crippen molar-refractivity contribution in [2.75, 3.05) is 0 Å². The van der Waals surface area contributed by atoms with Crippen LogP contribution in [0.5, 0.6) is 0 Å². The molecule has 0 radical (unpaired) electrons. The van der Waals surface area contributed by atoms with Crippen molar-refractivity contribution >= 4 is 22.8 Å². The van der Waals surface area contributed by atoms with Gasteiger partial charge in [-0.25, -0.2) is 4.79 Å². The van der Waals surface area contributed by atoms with Gasteiger partial charge in [0.1, 0.15) is 6.04 Å². The third-order valence-corrected chi connectivity index (χ3v) is 3.88. The van der Waals surface area contributed by atoms with Gasteiger partial charge in [0.2, 0.25) is 5.91 Å². The van der Waals surface area contributed by atoms with Gasteiger partial charge in [-0.15, -0.1) is 0 Å². The van der Waals surface area contributed by atoms with Crippen molar-refractivity contribution in [1.82, 2.24) is 10.3 Å². The van der Waals surface area contributed by atoms with Gasteiger partial charge in [0.05, 0.1) is 0 Å². The molecule has 0 saturated carbocycles. The minimum absolute atomic E-state index is 0.216. The minimum atomic E-state index is -0.977. The van der Waals surface area contributed by atoms with Crippen LogP contribution in [0.2, 0.25) is 0 Å². The number of aliphatic carboxylic acids is 1. The van der Waals surface area contributed by atoms with E-state index in [0.717, 1.165) is 16.5 Å². The second-order valence-electron chi connectivity index (χ2n) is 6.45. The number of rotatable bonds is 7. The number of nitrogens with one attached hydrogen (secondary N) is 2. The number of H-pyrrole nitrogens is 1. The van der Waals surface area contributed by atoms with Gasteiger partial charge >= 0.3 is 5.97 Å². The fourth-order valence-corrected chi connectivity index (χ4v) is 2.71. The zero-order valence-corrected chi connectivity index (χ0v) is 13.8. The molecule has 5 nitrogen and oxygen atoms in total. The number of carboxylic acids is 1. The van der Waals surface area contributed by atoms with Gasteiger partial charge in [0, 0.05) is 23.5 Å². The zero-order chi connectivity index (χ0) is 17.0. The summed E-state index contributed by atoms with van der Waals surface area (Å²) in [5.41, 5.74) is 3.30. The van der Waals surface area contributed by atoms with E-state index in [1.807, 2.05) is 39.1 Å². The number of hydrogen-bond donors (Lipinski definition) is 3. The molecule has 1 atom stereocenters. The van der Waals surface area contributed by atoms with Crippen molar-refractivity contribution in [1.29, 1.82) is 0 Å². The first-order valence-electron chi connectivity index (χ1n) is 7.95. The molecule has 0 aliphatic rings. The molecular formula is C18H24N2O3. The highest BCUT2D eigenvalue weighted by Gasteiger charge is 2.21. The van der Waals surface area contributed by atoms with Crippen LogP contribution in [0.1, 0.15) is 37.8 Å². The van der Waals surface area contributed by atoms with Crippen LogP contribution in [-0.2, 0) is 16.0 Å². The van der Waals surface area contributed by atoms with Gasteiger partial charge < -0.3 is 15.4 Å². The molecule has 1 heterocycles. The minimum Gasteiger partial charge on any atom is -0.480 e. The molecule has 1 aromatic heterocycles. The zero-order valence-electron chi connectivity index (χ0n) is 13.8. The standard InChI is InChI=1S/C18H24N2O3/c1-11(2)8-16(18(22)23)20-17(21)7-5-13-10-19-15-6-4-12(3)9-14(13)15/h4,6,9-11,16,19H,5,7-8H2,1-3H3,(H,20,21)(H,22,23). The largest absolute Gasteiger partial charge is 0.480 e. The van der Waals surface area contributed by atoms with Crippen LogP contribution in [0.15, 0.2) is 24.4 Å². The van der Waals surface area contributed by atoms with Crippen molar-refractivity contribution in [3.63, 3.8) is 0 Å². The quantitative estimate of drug-likeness (QED) is 0.734. The summed E-state index contributed by atoms with van der Waals surface area (Å²) in [6.45, 7) is 5.92. The van der Waals surface area contributed by atoms with E-state index in [4.69, 9.17) is 0 Å². The van der Waals surface area contributed by atoms with E-state index in [9.17, 15) is 14.7 Å². The van der Waals surface area contributed by atoms with Crippen molar-refractivity contribution < 1.29 is 14.7 Å². The van der Waals surface area contributed by atoms with Crippen molar-refractivity contribution in [3.05, 3.63) is 35.5 Å². The van der Waals surface area contributed by atoms with Gasteiger partial charge in [0.15, 0.2) is 0 Å². The van der Waals surface area contributed by atoms with Crippen LogP contribution >= 0.6 is 0 Å². The Kier molecular flexibility index (Phi) is 5.42. The molecule has 0 aliphatic heterocycles. The highest BCUT2D eigenvalue weighted by atomic mass is 16.4. The van der Waals surface area contributed by atoms with Crippen LogP contribution < -0.4 is 5.32 Å². The van der Waals surface area contributed by atoms with E-state index in [-0.39, 0.29) is 18.2 Å². The van der Waals surface area contributed by atoms with Crippen molar-refractivity contribution in [3.8, 4) is 0 Å². The van der Waals surface area contributed by atoms with Gasteiger partial charge in [-0.1, -0.05) is 25.5 Å². The monoisotopic (exact) mass is 316 g/mol. The Hall–Kier alpha value is -2.30. The Bertz CT molecular complexity index is 703. The molecule has 1 amide bonds. The smallest absolute Gasteiger partial charge is 0.326 e. The summed E-state index contributed by atoms with van der Waals surface area (Å²) in [4.78, 5) is 26.4. The number of carbonyl (C=O) groups is 2. The summed E-state index contributed by atoms with van der Waals surface area (Å²) in [5, 5.41) is 12.9. The molecule has 0 aliphatic carbocycles. The highest BCUT2D eigenvalue weighted by Crippen LogP contribution is 2.20. The molecule has 0 saturated heterocycles. The summed E-state index contributed by atoms with van der Waals surface area (Å²) in [6.07, 6.45) is 3.22. The summed E-state index contributed by atoms with van der Waals surface area (Å²) in [6, 6.07) is 5.35. The first-order valence-corrected chi connectivity index (χ1v) is 7.95. The first kappa shape index (κ1) is 17.1. The Morgan fingerprint density at radius 2 is 2.04 bits per heavy atom. The maximum absolute atomic E-state index is 12.1. The molecule has 1 unspecified atom stereocenters. The predicted octanol–water partition coefficient (Wildman–Crippen LogP) is 3.02. The molecule has 0 bridgehead atoms. The molecule has 2 aromatic rings. The number of fused-ring (bicyclic) bond motifs is 1. The van der Waals surface area contributed by atoms with Crippen molar-refractivity contribution in [2.45, 2.75) is 46.1 Å². The van der Waals surface area contributed by atoms with E-state index >= 15 is 0 Å². The lowest BCUT2D eigenvalue weighted by molar-refractivity contribution is -0.142. The van der Waals surface area contributed by atoms with E-state index in [1.165, 1.54) is 5.56 Å². The lowest BCUT2D eigenvalue weighted by Crippen LogP contribution is -2.41. The van der Waals surface area contributed by atoms with Crippen molar-refractivity contribution in [2.24, 2.45) is 5.92 Å². The maximum atomic E-state index is 12.1. The number of aromatic amines is 1. The number of aromatic nitrogens is 1. The molecular weight excluding hydrogens is 292 g/mol. The molecule has 0 fully saturated rings. The summed E-state index contributed by atoms with van der Waals surface area (Å²) in [7, 11) is 0. The van der Waals surface area contributed by atoms with E-state index in [0.29, 0.717) is 12.8 Å². The van der Waals surface area contributed by atoms with Gasteiger partial charge in [-0.05, 0) is 43.4 Å². The molecule has 124 valence electrons. The Labute approximate surface area is 136 Å². The number of amides is 1. The van der Waals surface area contributed by atoms with E-state index in [1.54, 1.807) is 0 Å². The highest BCUT2D eigenvalue weighted by molar-refractivity contribution is 5.86.